The monoisotopic (exact) mass is 320 g/mol. The van der Waals surface area contributed by atoms with Crippen LogP contribution in [0.4, 0.5) is 0 Å². The van der Waals surface area contributed by atoms with Crippen molar-refractivity contribution in [2.45, 2.75) is 25.4 Å². The topological polar surface area (TPSA) is 42.3 Å². The Hall–Kier alpha value is -1.12. The predicted molar refractivity (Wildman–Crippen MR) is 91.1 cm³/mol. The van der Waals surface area contributed by atoms with Gasteiger partial charge in [-0.2, -0.15) is 5.26 Å². The molecule has 2 aliphatic heterocycles. The van der Waals surface area contributed by atoms with E-state index < -0.39 is 0 Å². The van der Waals surface area contributed by atoms with Gasteiger partial charge in [0.05, 0.1) is 11.6 Å². The summed E-state index contributed by atoms with van der Waals surface area (Å²) in [6.45, 7) is 8.01. The first-order valence-electron chi connectivity index (χ1n) is 8.01. The number of piperidine rings is 1. The van der Waals surface area contributed by atoms with Gasteiger partial charge in [0.15, 0.2) is 0 Å². The van der Waals surface area contributed by atoms with Crippen LogP contribution in [0.25, 0.3) is 0 Å². The van der Waals surface area contributed by atoms with E-state index in [1.165, 1.54) is 44.6 Å². The molecule has 0 spiro atoms. The van der Waals surface area contributed by atoms with E-state index >= 15 is 0 Å². The summed E-state index contributed by atoms with van der Waals surface area (Å²) in [5.74, 6) is 0. The maximum absolute atomic E-state index is 8.97. The molecule has 0 bridgehead atoms. The Bertz CT molecular complexity index is 500. The zero-order valence-corrected chi connectivity index (χ0v) is 13.8. The number of nitrogens with zero attached hydrogens (tertiary/aromatic N) is 3. The van der Waals surface area contributed by atoms with Gasteiger partial charge in [-0.3, -0.25) is 9.80 Å². The molecular weight excluding hydrogens is 296 g/mol. The Labute approximate surface area is 139 Å². The van der Waals surface area contributed by atoms with Crippen molar-refractivity contribution in [2.24, 2.45) is 0 Å². The minimum absolute atomic E-state index is 0. The summed E-state index contributed by atoms with van der Waals surface area (Å²) in [6.07, 6.45) is 2.55. The van der Waals surface area contributed by atoms with Crippen LogP contribution < -0.4 is 5.32 Å². The van der Waals surface area contributed by atoms with Gasteiger partial charge >= 0.3 is 0 Å². The Balaban J connectivity index is 0.00000176. The van der Waals surface area contributed by atoms with Crippen molar-refractivity contribution in [3.8, 4) is 6.07 Å². The van der Waals surface area contributed by atoms with Gasteiger partial charge in [0.25, 0.3) is 0 Å². The quantitative estimate of drug-likeness (QED) is 0.923. The van der Waals surface area contributed by atoms with Crippen molar-refractivity contribution >= 4 is 12.4 Å². The zero-order valence-electron chi connectivity index (χ0n) is 13.0. The molecule has 2 fully saturated rings. The maximum atomic E-state index is 8.97. The summed E-state index contributed by atoms with van der Waals surface area (Å²) in [5.41, 5.74) is 2.03. The van der Waals surface area contributed by atoms with Crippen LogP contribution in [-0.2, 0) is 6.54 Å². The number of halogens is 1. The van der Waals surface area contributed by atoms with Crippen LogP contribution in [0, 0.1) is 11.3 Å². The van der Waals surface area contributed by atoms with Crippen LogP contribution in [0.1, 0.15) is 24.0 Å². The number of likely N-dealkylation sites (tertiary alicyclic amines) is 1. The highest BCUT2D eigenvalue weighted by molar-refractivity contribution is 5.85. The zero-order chi connectivity index (χ0) is 14.5. The van der Waals surface area contributed by atoms with E-state index in [2.05, 4.69) is 27.3 Å². The molecule has 1 aromatic rings. The van der Waals surface area contributed by atoms with Crippen molar-refractivity contribution in [1.82, 2.24) is 15.1 Å². The lowest BCUT2D eigenvalue weighted by Gasteiger charge is -2.40. The second-order valence-electron chi connectivity index (χ2n) is 6.11. The number of benzene rings is 1. The standard InChI is InChI=1S/C17H24N4.ClH/c18-13-15-2-1-3-16(12-15)14-20-8-4-17(5-9-20)21-10-6-19-7-11-21;/h1-3,12,17,19H,4-11,14H2;1H. The third-order valence-corrected chi connectivity index (χ3v) is 4.69. The molecule has 3 rings (SSSR count). The highest BCUT2D eigenvalue weighted by Gasteiger charge is 2.25. The highest BCUT2D eigenvalue weighted by atomic mass is 35.5. The molecule has 0 amide bonds. The summed E-state index contributed by atoms with van der Waals surface area (Å²) in [7, 11) is 0. The lowest BCUT2D eigenvalue weighted by molar-refractivity contribution is 0.0948. The van der Waals surface area contributed by atoms with E-state index in [0.29, 0.717) is 0 Å². The lowest BCUT2D eigenvalue weighted by atomic mass is 10.0. The largest absolute Gasteiger partial charge is 0.314 e. The van der Waals surface area contributed by atoms with Gasteiger partial charge in [-0.05, 0) is 43.6 Å². The third-order valence-electron chi connectivity index (χ3n) is 4.69. The molecule has 0 unspecified atom stereocenters. The Morgan fingerprint density at radius 3 is 2.55 bits per heavy atom. The third kappa shape index (κ3) is 4.44. The van der Waals surface area contributed by atoms with E-state index in [1.807, 2.05) is 18.2 Å². The average molecular weight is 321 g/mol. The molecule has 2 aliphatic rings. The molecule has 2 saturated heterocycles. The number of hydrogen-bond donors (Lipinski definition) is 1. The first-order valence-corrected chi connectivity index (χ1v) is 8.01. The molecular formula is C17H25ClN4. The molecule has 1 aromatic carbocycles. The van der Waals surface area contributed by atoms with Crippen molar-refractivity contribution in [1.29, 1.82) is 5.26 Å². The van der Waals surface area contributed by atoms with Crippen LogP contribution in [-0.4, -0.2) is 55.1 Å². The van der Waals surface area contributed by atoms with Crippen molar-refractivity contribution in [3.63, 3.8) is 0 Å². The second kappa shape index (κ2) is 8.50. The van der Waals surface area contributed by atoms with E-state index in [1.54, 1.807) is 0 Å². The number of nitrogens with one attached hydrogen (secondary N) is 1. The van der Waals surface area contributed by atoms with Crippen molar-refractivity contribution < 1.29 is 0 Å². The molecule has 120 valence electrons. The van der Waals surface area contributed by atoms with Crippen LogP contribution in [0.3, 0.4) is 0 Å². The number of piperazine rings is 1. The van der Waals surface area contributed by atoms with Crippen LogP contribution in [0.15, 0.2) is 24.3 Å². The summed E-state index contributed by atoms with van der Waals surface area (Å²) >= 11 is 0. The Kier molecular flexibility index (Phi) is 6.66. The lowest BCUT2D eigenvalue weighted by Crippen LogP contribution is -2.51. The molecule has 4 nitrogen and oxygen atoms in total. The highest BCUT2D eigenvalue weighted by Crippen LogP contribution is 2.19. The summed E-state index contributed by atoms with van der Waals surface area (Å²) in [5, 5.41) is 12.4. The smallest absolute Gasteiger partial charge is 0.0991 e. The first kappa shape index (κ1) is 17.2. The van der Waals surface area contributed by atoms with Gasteiger partial charge < -0.3 is 5.32 Å². The van der Waals surface area contributed by atoms with E-state index in [0.717, 1.165) is 31.2 Å². The minimum atomic E-state index is 0. The fourth-order valence-corrected chi connectivity index (χ4v) is 3.49. The number of rotatable bonds is 3. The molecule has 0 aliphatic carbocycles. The van der Waals surface area contributed by atoms with Gasteiger partial charge in [0, 0.05) is 38.8 Å². The maximum Gasteiger partial charge on any atom is 0.0991 e. The molecule has 0 aromatic heterocycles. The van der Waals surface area contributed by atoms with Crippen molar-refractivity contribution in [2.75, 3.05) is 39.3 Å². The molecule has 0 radical (unpaired) electrons. The van der Waals surface area contributed by atoms with E-state index in [9.17, 15) is 0 Å². The van der Waals surface area contributed by atoms with E-state index in [4.69, 9.17) is 5.26 Å². The van der Waals surface area contributed by atoms with Gasteiger partial charge in [-0.1, -0.05) is 12.1 Å². The molecule has 0 atom stereocenters. The molecule has 22 heavy (non-hydrogen) atoms. The minimum Gasteiger partial charge on any atom is -0.314 e. The van der Waals surface area contributed by atoms with Crippen LogP contribution in [0.2, 0.25) is 0 Å². The van der Waals surface area contributed by atoms with Gasteiger partial charge in [0.2, 0.25) is 0 Å². The first-order chi connectivity index (χ1) is 10.3. The normalized spacial score (nSPS) is 21.0. The van der Waals surface area contributed by atoms with Gasteiger partial charge in [0.1, 0.15) is 0 Å². The van der Waals surface area contributed by atoms with Gasteiger partial charge in [-0.25, -0.2) is 0 Å². The van der Waals surface area contributed by atoms with Crippen LogP contribution >= 0.6 is 12.4 Å². The van der Waals surface area contributed by atoms with E-state index in [-0.39, 0.29) is 12.4 Å². The second-order valence-corrected chi connectivity index (χ2v) is 6.11. The van der Waals surface area contributed by atoms with Crippen LogP contribution in [0.5, 0.6) is 0 Å². The number of nitriles is 1. The van der Waals surface area contributed by atoms with Crippen molar-refractivity contribution in [3.05, 3.63) is 35.4 Å². The summed E-state index contributed by atoms with van der Waals surface area (Å²) < 4.78 is 0. The molecule has 1 N–H and O–H groups in total. The summed E-state index contributed by atoms with van der Waals surface area (Å²) in [4.78, 5) is 5.18. The Morgan fingerprint density at radius 1 is 1.14 bits per heavy atom. The number of hydrogen-bond acceptors (Lipinski definition) is 4. The SMILES string of the molecule is Cl.N#Cc1cccc(CN2CCC(N3CCNCC3)CC2)c1. The average Bonchev–Trinajstić information content (AvgIpc) is 2.56. The predicted octanol–water partition coefficient (Wildman–Crippen LogP) is 1.85. The summed E-state index contributed by atoms with van der Waals surface area (Å²) in [6, 6.07) is 11.0. The Morgan fingerprint density at radius 2 is 1.86 bits per heavy atom. The molecule has 0 saturated carbocycles. The molecule has 5 heteroatoms. The fraction of sp³-hybridized carbons (Fsp3) is 0.588. The fourth-order valence-electron chi connectivity index (χ4n) is 3.49. The van der Waals surface area contributed by atoms with Gasteiger partial charge in [-0.15, -0.1) is 12.4 Å². The molecule has 2 heterocycles.